The molecule has 12 heavy (non-hydrogen) atoms. The Bertz CT molecular complexity index is 239. The fourth-order valence-electron chi connectivity index (χ4n) is 0.805. The van der Waals surface area contributed by atoms with E-state index in [0.717, 1.165) is 0 Å². The van der Waals surface area contributed by atoms with Crippen LogP contribution in [0.25, 0.3) is 0 Å². The average molecular weight is 214 g/mol. The van der Waals surface area contributed by atoms with E-state index >= 15 is 0 Å². The van der Waals surface area contributed by atoms with Gasteiger partial charge in [0.2, 0.25) is 0 Å². The van der Waals surface area contributed by atoms with Crippen LogP contribution in [-0.2, 0) is 21.4 Å². The fourth-order valence-corrected chi connectivity index (χ4v) is 2.88. The molecule has 0 aliphatic rings. The minimum Gasteiger partial charge on any atom is -0.231 e. The van der Waals surface area contributed by atoms with Gasteiger partial charge in [-0.2, -0.15) is 0 Å². The van der Waals surface area contributed by atoms with Gasteiger partial charge in [-0.3, -0.25) is 0 Å². The summed E-state index contributed by atoms with van der Waals surface area (Å²) in [6.07, 6.45) is 0. The summed E-state index contributed by atoms with van der Waals surface area (Å²) in [7, 11) is -5.74. The van der Waals surface area contributed by atoms with Gasteiger partial charge in [0.15, 0.2) is 26.0 Å². The van der Waals surface area contributed by atoms with Crippen molar-refractivity contribution in [2.75, 3.05) is 0 Å². The highest BCUT2D eigenvalue weighted by atomic mass is 32.2. The maximum Gasteiger partial charge on any atom is 0.160 e. The van der Waals surface area contributed by atoms with Crippen LogP contribution in [0.15, 0.2) is 0 Å². The largest absolute Gasteiger partial charge is 0.231 e. The summed E-state index contributed by atoms with van der Waals surface area (Å²) >= 11 is 0. The van der Waals surface area contributed by atoms with Crippen LogP contribution in [0.4, 0.5) is 0 Å². The van der Waals surface area contributed by atoms with Crippen LogP contribution in [-0.4, -0.2) is 21.4 Å². The molecule has 0 aromatic carbocycles. The number of rotatable bonds is 4. The Labute approximate surface area is 75.9 Å². The molecule has 6 heteroatoms. The number of hydrogen-bond donors (Lipinski definition) is 2. The van der Waals surface area contributed by atoms with E-state index in [1.165, 1.54) is 0 Å². The highest BCUT2D eigenvalue weighted by Crippen LogP contribution is 2.17. The second-order valence-corrected chi connectivity index (χ2v) is 5.75. The van der Waals surface area contributed by atoms with Crippen LogP contribution in [0.3, 0.4) is 0 Å². The molecule has 0 radical (unpaired) electrons. The predicted octanol–water partition coefficient (Wildman–Crippen LogP) is -0.173. The Morgan fingerprint density at radius 3 is 1.25 bits per heavy atom. The SMILES string of the molecule is CC(C)C(C)C([SH](=O)=O)[SH](=O)=O. The standard InChI is InChI=1S/C6H14O4S2/c1-4(2)5(3)6(11(7)8)12(9)10/h4-6,11-12H,1-3H3. The molecule has 0 saturated carbocycles. The summed E-state index contributed by atoms with van der Waals surface area (Å²) in [5.74, 6) is -0.289. The van der Waals surface area contributed by atoms with E-state index in [1.54, 1.807) is 20.8 Å². The third-order valence-corrected chi connectivity index (χ3v) is 4.89. The zero-order valence-corrected chi connectivity index (χ0v) is 9.05. The van der Waals surface area contributed by atoms with E-state index in [-0.39, 0.29) is 11.8 Å². The van der Waals surface area contributed by atoms with Crippen molar-refractivity contribution in [3.05, 3.63) is 0 Å². The van der Waals surface area contributed by atoms with E-state index < -0.39 is 26.0 Å². The van der Waals surface area contributed by atoms with Crippen LogP contribution in [0.1, 0.15) is 20.8 Å². The fraction of sp³-hybridized carbons (Fsp3) is 1.00. The van der Waals surface area contributed by atoms with Crippen LogP contribution >= 0.6 is 0 Å². The van der Waals surface area contributed by atoms with Gasteiger partial charge >= 0.3 is 0 Å². The molecule has 1 unspecified atom stereocenters. The van der Waals surface area contributed by atoms with Gasteiger partial charge in [0, 0.05) is 0 Å². The maximum absolute atomic E-state index is 10.5. The summed E-state index contributed by atoms with van der Waals surface area (Å²) in [6.45, 7) is 5.23. The highest BCUT2D eigenvalue weighted by Gasteiger charge is 2.25. The second-order valence-electron chi connectivity index (χ2n) is 3.09. The first kappa shape index (κ1) is 11.9. The lowest BCUT2D eigenvalue weighted by molar-refractivity contribution is 0.433. The lowest BCUT2D eigenvalue weighted by Gasteiger charge is -2.16. The first-order valence-electron chi connectivity index (χ1n) is 3.65. The van der Waals surface area contributed by atoms with Crippen molar-refractivity contribution in [2.24, 2.45) is 11.8 Å². The van der Waals surface area contributed by atoms with Crippen LogP contribution in [0, 0.1) is 11.8 Å². The van der Waals surface area contributed by atoms with E-state index in [1.807, 2.05) is 0 Å². The van der Waals surface area contributed by atoms with Crippen molar-refractivity contribution in [1.29, 1.82) is 0 Å². The van der Waals surface area contributed by atoms with Gasteiger partial charge in [-0.1, -0.05) is 20.8 Å². The van der Waals surface area contributed by atoms with Gasteiger partial charge in [0.25, 0.3) is 0 Å². The summed E-state index contributed by atoms with van der Waals surface area (Å²) in [5.41, 5.74) is 0. The molecule has 0 aliphatic heterocycles. The second kappa shape index (κ2) is 4.81. The Hall–Kier alpha value is -0.100. The Balaban J connectivity index is 4.76. The van der Waals surface area contributed by atoms with Gasteiger partial charge in [-0.25, -0.2) is 16.8 Å². The van der Waals surface area contributed by atoms with Crippen molar-refractivity contribution in [1.82, 2.24) is 0 Å². The Morgan fingerprint density at radius 1 is 0.833 bits per heavy atom. The van der Waals surface area contributed by atoms with E-state index in [4.69, 9.17) is 0 Å². The van der Waals surface area contributed by atoms with Crippen molar-refractivity contribution in [3.63, 3.8) is 0 Å². The number of hydrogen-bond acceptors (Lipinski definition) is 4. The summed E-state index contributed by atoms with van der Waals surface area (Å²) in [4.78, 5) is 0. The highest BCUT2D eigenvalue weighted by molar-refractivity contribution is 7.91. The van der Waals surface area contributed by atoms with Crippen LogP contribution < -0.4 is 0 Å². The van der Waals surface area contributed by atoms with Gasteiger partial charge in [0.05, 0.1) is 0 Å². The molecule has 4 nitrogen and oxygen atoms in total. The minimum atomic E-state index is -2.87. The van der Waals surface area contributed by atoms with E-state index in [2.05, 4.69) is 0 Å². The van der Waals surface area contributed by atoms with E-state index in [9.17, 15) is 16.8 Å². The third-order valence-electron chi connectivity index (χ3n) is 1.95. The minimum absolute atomic E-state index is 0.0517. The van der Waals surface area contributed by atoms with Crippen molar-refractivity contribution < 1.29 is 16.8 Å². The molecule has 0 aromatic heterocycles. The quantitative estimate of drug-likeness (QED) is 0.637. The van der Waals surface area contributed by atoms with Gasteiger partial charge in [-0.15, -0.1) is 0 Å². The van der Waals surface area contributed by atoms with Gasteiger partial charge < -0.3 is 0 Å². The molecule has 0 rings (SSSR count). The molecular formula is C6H14O4S2. The lowest BCUT2D eigenvalue weighted by Crippen LogP contribution is -2.25. The number of thiol groups is 2. The molecule has 0 bridgehead atoms. The van der Waals surface area contributed by atoms with Crippen LogP contribution in [0.2, 0.25) is 0 Å². The van der Waals surface area contributed by atoms with E-state index in [0.29, 0.717) is 0 Å². The zero-order valence-electron chi connectivity index (χ0n) is 7.26. The zero-order chi connectivity index (χ0) is 9.89. The topological polar surface area (TPSA) is 68.3 Å². The van der Waals surface area contributed by atoms with Crippen molar-refractivity contribution in [3.8, 4) is 0 Å². The van der Waals surface area contributed by atoms with Crippen molar-refractivity contribution in [2.45, 2.75) is 25.4 Å². The van der Waals surface area contributed by atoms with Gasteiger partial charge in [-0.05, 0) is 11.8 Å². The molecule has 74 valence electrons. The molecule has 0 heterocycles. The van der Waals surface area contributed by atoms with Crippen molar-refractivity contribution >= 4 is 21.4 Å². The van der Waals surface area contributed by atoms with Crippen LogP contribution in [0.5, 0.6) is 0 Å². The molecule has 0 amide bonds. The maximum atomic E-state index is 10.5. The molecule has 0 aromatic rings. The summed E-state index contributed by atoms with van der Waals surface area (Å²) in [6, 6.07) is 0. The first-order valence-corrected chi connectivity index (χ1v) is 6.14. The molecule has 1 atom stereocenters. The smallest absolute Gasteiger partial charge is 0.160 e. The first-order chi connectivity index (χ1) is 5.37. The monoisotopic (exact) mass is 214 g/mol. The lowest BCUT2D eigenvalue weighted by atomic mass is 10.0. The Morgan fingerprint density at radius 2 is 1.17 bits per heavy atom. The summed E-state index contributed by atoms with van der Waals surface area (Å²) in [5, 5.41) is 0. The Kier molecular flexibility index (Phi) is 4.77. The molecule has 0 saturated heterocycles. The molecule has 0 spiro atoms. The molecule has 0 fully saturated rings. The molecular weight excluding hydrogens is 200 g/mol. The average Bonchev–Trinajstić information content (AvgIpc) is 1.85. The predicted molar refractivity (Wildman–Crippen MR) is 48.4 cm³/mol. The third kappa shape index (κ3) is 3.10. The van der Waals surface area contributed by atoms with Gasteiger partial charge in [0.1, 0.15) is 0 Å². The molecule has 0 aliphatic carbocycles. The normalized spacial score (nSPS) is 14.9. The molecule has 0 N–H and O–H groups in total. The summed E-state index contributed by atoms with van der Waals surface area (Å²) < 4.78 is 40.9.